The van der Waals surface area contributed by atoms with Crippen molar-refractivity contribution in [3.05, 3.63) is 30.3 Å². The molecular formula is C20H24O6. The molecule has 1 fully saturated rings. The topological polar surface area (TPSA) is 104 Å². The summed E-state index contributed by atoms with van der Waals surface area (Å²) in [4.78, 5) is 22.6. The zero-order valence-electron chi connectivity index (χ0n) is 14.5. The van der Waals surface area contributed by atoms with Gasteiger partial charge in [0.2, 0.25) is 0 Å². The van der Waals surface area contributed by atoms with Crippen molar-refractivity contribution in [2.75, 3.05) is 6.61 Å². The van der Waals surface area contributed by atoms with Gasteiger partial charge in [0, 0.05) is 18.8 Å². The number of aliphatic hydroxyl groups excluding tert-OH is 2. The zero-order chi connectivity index (χ0) is 18.9. The second-order valence-electron chi connectivity index (χ2n) is 6.44. The molecule has 3 N–H and O–H groups in total. The molecular weight excluding hydrogens is 336 g/mol. The Morgan fingerprint density at radius 3 is 2.69 bits per heavy atom. The van der Waals surface area contributed by atoms with Crippen LogP contribution < -0.4 is 4.74 Å². The van der Waals surface area contributed by atoms with E-state index in [2.05, 4.69) is 11.8 Å². The largest absolute Gasteiger partial charge is 0.490 e. The van der Waals surface area contributed by atoms with Gasteiger partial charge in [-0.3, -0.25) is 9.59 Å². The standard InChI is InChI=1S/C20H24O6/c21-14(13-26-15-6-2-1-3-7-15)10-11-17-16(18(22)12-19(17)23)8-4-5-9-20(24)25/h1-3,6-7,14,16-17,19,21,23H,4-5,8-9,12-13H2,(H,24,25). The minimum atomic E-state index is -1.02. The third-order valence-corrected chi connectivity index (χ3v) is 4.40. The fourth-order valence-electron chi connectivity index (χ4n) is 3.06. The van der Waals surface area contributed by atoms with Gasteiger partial charge in [0.15, 0.2) is 0 Å². The molecule has 0 aromatic heterocycles. The highest BCUT2D eigenvalue weighted by Gasteiger charge is 2.40. The first kappa shape index (κ1) is 20.0. The monoisotopic (exact) mass is 360 g/mol. The van der Waals surface area contributed by atoms with Crippen LogP contribution in [0.2, 0.25) is 0 Å². The van der Waals surface area contributed by atoms with Crippen LogP contribution in [0.4, 0.5) is 0 Å². The number of aliphatic hydroxyl groups is 2. The minimum absolute atomic E-state index is 0.00292. The third-order valence-electron chi connectivity index (χ3n) is 4.40. The predicted molar refractivity (Wildman–Crippen MR) is 94.4 cm³/mol. The van der Waals surface area contributed by atoms with Crippen molar-refractivity contribution >= 4 is 11.8 Å². The van der Waals surface area contributed by atoms with Crippen LogP contribution in [-0.2, 0) is 9.59 Å². The summed E-state index contributed by atoms with van der Waals surface area (Å²) in [6, 6.07) is 9.04. The average molecular weight is 360 g/mol. The lowest BCUT2D eigenvalue weighted by Gasteiger charge is -2.15. The number of carboxylic acid groups (broad SMARTS) is 1. The van der Waals surface area contributed by atoms with Gasteiger partial charge in [0.25, 0.3) is 0 Å². The van der Waals surface area contributed by atoms with Crippen molar-refractivity contribution in [1.29, 1.82) is 0 Å². The van der Waals surface area contributed by atoms with Gasteiger partial charge in [-0.15, -0.1) is 0 Å². The number of carbonyl (C=O) groups excluding carboxylic acids is 1. The molecule has 0 amide bonds. The van der Waals surface area contributed by atoms with E-state index in [4.69, 9.17) is 9.84 Å². The highest BCUT2D eigenvalue weighted by molar-refractivity contribution is 5.85. The Kier molecular flexibility index (Phi) is 7.64. The number of carbonyl (C=O) groups is 2. The quantitative estimate of drug-likeness (QED) is 0.481. The normalized spacial score (nSPS) is 23.2. The fourth-order valence-corrected chi connectivity index (χ4v) is 3.06. The molecule has 1 aliphatic rings. The molecule has 0 spiro atoms. The van der Waals surface area contributed by atoms with Crippen molar-refractivity contribution in [3.8, 4) is 17.6 Å². The molecule has 0 radical (unpaired) electrons. The molecule has 1 saturated carbocycles. The van der Waals surface area contributed by atoms with Crippen LogP contribution >= 0.6 is 0 Å². The van der Waals surface area contributed by atoms with E-state index in [9.17, 15) is 19.8 Å². The van der Waals surface area contributed by atoms with Crippen LogP contribution in [0.15, 0.2) is 30.3 Å². The number of rotatable bonds is 8. The number of ether oxygens (including phenoxy) is 1. The second-order valence-corrected chi connectivity index (χ2v) is 6.44. The number of para-hydroxylation sites is 1. The summed E-state index contributed by atoms with van der Waals surface area (Å²) in [6.45, 7) is -0.00292. The lowest BCUT2D eigenvalue weighted by atomic mass is 9.89. The molecule has 0 heterocycles. The predicted octanol–water partition coefficient (Wildman–Crippen LogP) is 1.64. The lowest BCUT2D eigenvalue weighted by molar-refractivity contribution is -0.137. The molecule has 1 aromatic rings. The fraction of sp³-hybridized carbons (Fsp3) is 0.500. The first-order chi connectivity index (χ1) is 12.5. The van der Waals surface area contributed by atoms with Gasteiger partial charge in [-0.05, 0) is 25.0 Å². The number of ketones is 1. The molecule has 0 saturated heterocycles. The molecule has 0 aliphatic heterocycles. The molecule has 1 aromatic carbocycles. The van der Waals surface area contributed by atoms with E-state index in [1.807, 2.05) is 18.2 Å². The molecule has 6 heteroatoms. The number of benzene rings is 1. The van der Waals surface area contributed by atoms with Crippen LogP contribution in [0.25, 0.3) is 0 Å². The summed E-state index contributed by atoms with van der Waals surface area (Å²) < 4.78 is 5.42. The van der Waals surface area contributed by atoms with Crippen LogP contribution in [0.3, 0.4) is 0 Å². The van der Waals surface area contributed by atoms with Gasteiger partial charge >= 0.3 is 5.97 Å². The van der Waals surface area contributed by atoms with Crippen LogP contribution in [0.1, 0.15) is 32.1 Å². The molecule has 2 rings (SSSR count). The molecule has 140 valence electrons. The maximum absolute atomic E-state index is 12.0. The van der Waals surface area contributed by atoms with Gasteiger partial charge < -0.3 is 20.1 Å². The third kappa shape index (κ3) is 6.17. The minimum Gasteiger partial charge on any atom is -0.490 e. The number of unbranched alkanes of at least 4 members (excludes halogenated alkanes) is 1. The Morgan fingerprint density at radius 1 is 1.27 bits per heavy atom. The molecule has 4 atom stereocenters. The lowest BCUT2D eigenvalue weighted by Crippen LogP contribution is -2.21. The number of hydrogen-bond acceptors (Lipinski definition) is 5. The summed E-state index contributed by atoms with van der Waals surface area (Å²) in [5.74, 6) is 4.26. The number of carboxylic acids is 1. The summed E-state index contributed by atoms with van der Waals surface area (Å²) in [5, 5.41) is 28.7. The van der Waals surface area contributed by atoms with E-state index < -0.39 is 30.0 Å². The molecule has 1 aliphatic carbocycles. The number of aliphatic carboxylic acids is 1. The van der Waals surface area contributed by atoms with E-state index >= 15 is 0 Å². The van der Waals surface area contributed by atoms with Crippen molar-refractivity contribution < 1.29 is 29.6 Å². The van der Waals surface area contributed by atoms with Crippen molar-refractivity contribution in [1.82, 2.24) is 0 Å². The maximum Gasteiger partial charge on any atom is 0.303 e. The highest BCUT2D eigenvalue weighted by atomic mass is 16.5. The SMILES string of the molecule is O=C(O)CCCCC1C(=O)CC(O)C1C#CC(O)COc1ccccc1. The molecule has 6 nitrogen and oxygen atoms in total. The van der Waals surface area contributed by atoms with E-state index in [0.29, 0.717) is 25.0 Å². The van der Waals surface area contributed by atoms with Gasteiger partial charge in [0.1, 0.15) is 24.2 Å². The second kappa shape index (κ2) is 9.95. The van der Waals surface area contributed by atoms with Crippen LogP contribution in [-0.4, -0.2) is 45.9 Å². The molecule has 26 heavy (non-hydrogen) atoms. The van der Waals surface area contributed by atoms with Crippen LogP contribution in [0.5, 0.6) is 5.75 Å². The van der Waals surface area contributed by atoms with Gasteiger partial charge in [-0.2, -0.15) is 0 Å². The Hall–Kier alpha value is -2.36. The van der Waals surface area contributed by atoms with E-state index in [-0.39, 0.29) is 25.2 Å². The van der Waals surface area contributed by atoms with Gasteiger partial charge in [-0.25, -0.2) is 0 Å². The first-order valence-corrected chi connectivity index (χ1v) is 8.77. The van der Waals surface area contributed by atoms with E-state index in [1.54, 1.807) is 12.1 Å². The van der Waals surface area contributed by atoms with Gasteiger partial charge in [-0.1, -0.05) is 36.5 Å². The Morgan fingerprint density at radius 2 is 2.00 bits per heavy atom. The highest BCUT2D eigenvalue weighted by Crippen LogP contribution is 2.32. The summed E-state index contributed by atoms with van der Waals surface area (Å²) in [7, 11) is 0. The maximum atomic E-state index is 12.0. The molecule has 4 unspecified atom stereocenters. The molecule has 0 bridgehead atoms. The van der Waals surface area contributed by atoms with Crippen molar-refractivity contribution in [3.63, 3.8) is 0 Å². The Labute approximate surface area is 152 Å². The van der Waals surface area contributed by atoms with Crippen molar-refractivity contribution in [2.45, 2.75) is 44.3 Å². The summed E-state index contributed by atoms with van der Waals surface area (Å²) in [6.07, 6.45) is -0.169. The smallest absolute Gasteiger partial charge is 0.303 e. The van der Waals surface area contributed by atoms with Crippen molar-refractivity contribution in [2.24, 2.45) is 11.8 Å². The average Bonchev–Trinajstić information content (AvgIpc) is 2.88. The summed E-state index contributed by atoms with van der Waals surface area (Å²) in [5.41, 5.74) is 0. The van der Waals surface area contributed by atoms with E-state index in [0.717, 1.165) is 0 Å². The Balaban J connectivity index is 1.87. The number of hydrogen-bond donors (Lipinski definition) is 3. The van der Waals surface area contributed by atoms with Gasteiger partial charge in [0.05, 0.1) is 12.0 Å². The summed E-state index contributed by atoms with van der Waals surface area (Å²) >= 11 is 0. The zero-order valence-corrected chi connectivity index (χ0v) is 14.5. The number of Topliss-reactive ketones (excluding diaryl/α,β-unsaturated/α-hetero) is 1. The van der Waals surface area contributed by atoms with Crippen LogP contribution in [0, 0.1) is 23.7 Å². The van der Waals surface area contributed by atoms with E-state index in [1.165, 1.54) is 0 Å². The first-order valence-electron chi connectivity index (χ1n) is 8.77. The Bertz CT molecular complexity index is 660.